The number of phosphoric acid groups is 1. The van der Waals surface area contributed by atoms with E-state index in [2.05, 4.69) is 32.1 Å². The van der Waals surface area contributed by atoms with Crippen LogP contribution in [0, 0.1) is 0 Å². The molecule has 13 nitrogen and oxygen atoms in total. The van der Waals surface area contributed by atoms with Gasteiger partial charge in [0, 0.05) is 0 Å². The molecule has 0 amide bonds. The van der Waals surface area contributed by atoms with Crippen LogP contribution in [0.3, 0.4) is 0 Å². The number of H-pyrrole nitrogens is 1. The van der Waals surface area contributed by atoms with Crippen molar-refractivity contribution >= 4 is 37.6 Å². The zero-order valence-corrected chi connectivity index (χ0v) is 14.0. The van der Waals surface area contributed by atoms with Gasteiger partial charge in [-0.3, -0.25) is 18.9 Å². The molecule has 2 aromatic heterocycles. The lowest BCUT2D eigenvalue weighted by atomic mass is 10.1. The number of nitrogen functional groups attached to an aromatic ring is 1. The van der Waals surface area contributed by atoms with Gasteiger partial charge in [0.1, 0.15) is 18.3 Å². The number of rotatable bonds is 4. The second-order valence-corrected chi connectivity index (χ2v) is 6.88. The molecule has 0 saturated carbocycles. The molecule has 0 bridgehead atoms. The SMILES string of the molecule is Nc1nc2c(nc(S)n2[C@@H]2O[C@H](COP(=O)(O)O)C(O)C2O)c(=O)[nH]1. The molecule has 2 aromatic rings. The fourth-order valence-corrected chi connectivity index (χ4v) is 3.12. The van der Waals surface area contributed by atoms with Gasteiger partial charge in [0.2, 0.25) is 5.95 Å². The fourth-order valence-electron chi connectivity index (χ4n) is 2.47. The molecule has 138 valence electrons. The highest BCUT2D eigenvalue weighted by Gasteiger charge is 2.45. The molecule has 2 unspecified atom stereocenters. The van der Waals surface area contributed by atoms with Crippen molar-refractivity contribution in [1.82, 2.24) is 19.5 Å². The zero-order chi connectivity index (χ0) is 18.5. The minimum Gasteiger partial charge on any atom is -0.387 e. The number of fused-ring (bicyclic) bond motifs is 1. The zero-order valence-electron chi connectivity index (χ0n) is 12.3. The third kappa shape index (κ3) is 3.43. The van der Waals surface area contributed by atoms with Gasteiger partial charge in [-0.2, -0.15) is 4.98 Å². The summed E-state index contributed by atoms with van der Waals surface area (Å²) in [5.74, 6) is -0.207. The third-order valence-corrected chi connectivity index (χ3v) is 4.35. The molecule has 3 rings (SSSR count). The van der Waals surface area contributed by atoms with Gasteiger partial charge in [-0.05, 0) is 0 Å². The summed E-state index contributed by atoms with van der Waals surface area (Å²) >= 11 is 4.10. The van der Waals surface area contributed by atoms with Crippen molar-refractivity contribution in [2.45, 2.75) is 29.7 Å². The van der Waals surface area contributed by atoms with Gasteiger partial charge in [-0.15, -0.1) is 12.6 Å². The van der Waals surface area contributed by atoms with Crippen LogP contribution < -0.4 is 11.3 Å². The Kier molecular flexibility index (Phi) is 4.63. The number of aliphatic hydroxyl groups is 2. The number of nitrogens with two attached hydrogens (primary N) is 1. The van der Waals surface area contributed by atoms with Crippen molar-refractivity contribution in [3.05, 3.63) is 10.4 Å². The maximum atomic E-state index is 11.9. The van der Waals surface area contributed by atoms with E-state index >= 15 is 0 Å². The molecule has 3 heterocycles. The van der Waals surface area contributed by atoms with Crippen LogP contribution in [0.4, 0.5) is 5.95 Å². The first-order valence-electron chi connectivity index (χ1n) is 6.77. The summed E-state index contributed by atoms with van der Waals surface area (Å²) in [6, 6.07) is 0. The predicted molar refractivity (Wildman–Crippen MR) is 83.7 cm³/mol. The number of anilines is 1. The molecule has 4 atom stereocenters. The summed E-state index contributed by atoms with van der Waals surface area (Å²) in [5, 5.41) is 20.2. The Morgan fingerprint density at radius 1 is 1.36 bits per heavy atom. The third-order valence-electron chi connectivity index (χ3n) is 3.55. The maximum Gasteiger partial charge on any atom is 0.469 e. The lowest BCUT2D eigenvalue weighted by molar-refractivity contribution is -0.0540. The number of nitrogens with one attached hydrogen (secondary N) is 1. The Labute approximate surface area is 144 Å². The lowest BCUT2D eigenvalue weighted by Gasteiger charge is -2.17. The van der Waals surface area contributed by atoms with Gasteiger partial charge >= 0.3 is 7.82 Å². The number of ether oxygens (including phenoxy) is 1. The molecule has 0 radical (unpaired) electrons. The van der Waals surface area contributed by atoms with Crippen LogP contribution >= 0.6 is 20.5 Å². The van der Waals surface area contributed by atoms with E-state index in [0.29, 0.717) is 0 Å². The van der Waals surface area contributed by atoms with E-state index in [-0.39, 0.29) is 22.3 Å². The summed E-state index contributed by atoms with van der Waals surface area (Å²) in [4.78, 5) is 39.4. The molecule has 7 N–H and O–H groups in total. The lowest BCUT2D eigenvalue weighted by Crippen LogP contribution is -2.33. The first-order valence-corrected chi connectivity index (χ1v) is 8.74. The molecule has 1 aliphatic rings. The number of imidazole rings is 1. The standard InChI is InChI=1S/C10H14N5O8PS/c11-9-13-6-3(7(18)14-9)12-10(25)15(6)8-5(17)4(16)2(23-8)1-22-24(19,20)21/h2,4-5,8,16-17H,1H2,(H,12,25)(H2,19,20,21)(H3,11,13,14,18)/t2-,4?,5?,8-/m1/s1. The minimum absolute atomic E-state index is 0.0425. The van der Waals surface area contributed by atoms with Gasteiger partial charge in [-0.25, -0.2) is 9.55 Å². The van der Waals surface area contributed by atoms with Crippen LogP contribution in [0.25, 0.3) is 11.2 Å². The number of thiol groups is 1. The van der Waals surface area contributed by atoms with E-state index in [1.54, 1.807) is 0 Å². The average Bonchev–Trinajstić information content (AvgIpc) is 2.95. The minimum atomic E-state index is -4.79. The number of hydrogen-bond donors (Lipinski definition) is 7. The number of aromatic amines is 1. The summed E-state index contributed by atoms with van der Waals surface area (Å²) in [5.41, 5.74) is 4.71. The fraction of sp³-hybridized carbons (Fsp3) is 0.500. The topological polar surface area (TPSA) is 206 Å². The Morgan fingerprint density at radius 3 is 2.68 bits per heavy atom. The molecule has 1 aliphatic heterocycles. The van der Waals surface area contributed by atoms with Crippen LogP contribution in [-0.2, 0) is 13.8 Å². The van der Waals surface area contributed by atoms with Crippen molar-refractivity contribution in [2.75, 3.05) is 12.3 Å². The average molecular weight is 395 g/mol. The molecule has 0 spiro atoms. The van der Waals surface area contributed by atoms with Gasteiger partial charge in [0.05, 0.1) is 6.61 Å². The van der Waals surface area contributed by atoms with Crippen LogP contribution in [0.2, 0.25) is 0 Å². The molecule has 25 heavy (non-hydrogen) atoms. The smallest absolute Gasteiger partial charge is 0.387 e. The molecule has 0 aliphatic carbocycles. The quantitative estimate of drug-likeness (QED) is 0.217. The van der Waals surface area contributed by atoms with E-state index in [1.165, 1.54) is 0 Å². The van der Waals surface area contributed by atoms with Crippen molar-refractivity contribution in [3.8, 4) is 0 Å². The number of aromatic nitrogens is 4. The molecule has 1 saturated heterocycles. The second-order valence-electron chi connectivity index (χ2n) is 5.24. The summed E-state index contributed by atoms with van der Waals surface area (Å²) in [6.07, 6.45) is -5.60. The largest absolute Gasteiger partial charge is 0.469 e. The highest BCUT2D eigenvalue weighted by atomic mass is 32.1. The van der Waals surface area contributed by atoms with E-state index in [9.17, 15) is 19.6 Å². The van der Waals surface area contributed by atoms with Crippen LogP contribution in [0.15, 0.2) is 9.95 Å². The Balaban J connectivity index is 1.97. The Bertz CT molecular complexity index is 911. The highest BCUT2D eigenvalue weighted by Crippen LogP contribution is 2.39. The van der Waals surface area contributed by atoms with E-state index in [4.69, 9.17) is 20.3 Å². The van der Waals surface area contributed by atoms with Crippen molar-refractivity contribution in [1.29, 1.82) is 0 Å². The predicted octanol–water partition coefficient (Wildman–Crippen LogP) is -2.28. The van der Waals surface area contributed by atoms with E-state index < -0.39 is 44.5 Å². The summed E-state index contributed by atoms with van der Waals surface area (Å²) in [7, 11) is -4.79. The molecule has 0 aromatic carbocycles. The van der Waals surface area contributed by atoms with Crippen LogP contribution in [-0.4, -0.2) is 64.4 Å². The number of phosphoric ester groups is 1. The van der Waals surface area contributed by atoms with Gasteiger partial charge in [-0.1, -0.05) is 0 Å². The molecular weight excluding hydrogens is 381 g/mol. The van der Waals surface area contributed by atoms with Gasteiger partial charge in [0.25, 0.3) is 5.56 Å². The molecule has 1 fully saturated rings. The monoisotopic (exact) mass is 395 g/mol. The van der Waals surface area contributed by atoms with Crippen LogP contribution in [0.1, 0.15) is 6.23 Å². The summed E-state index contributed by atoms with van der Waals surface area (Å²) in [6.45, 7) is -0.677. The first-order chi connectivity index (χ1) is 11.6. The Hall–Kier alpha value is -1.51. The van der Waals surface area contributed by atoms with Crippen molar-refractivity contribution in [2.24, 2.45) is 0 Å². The van der Waals surface area contributed by atoms with Crippen LogP contribution in [0.5, 0.6) is 0 Å². The van der Waals surface area contributed by atoms with Crippen molar-refractivity contribution < 1.29 is 33.8 Å². The van der Waals surface area contributed by atoms with Gasteiger partial charge < -0.3 is 30.5 Å². The normalized spacial score (nSPS) is 27.2. The second kappa shape index (κ2) is 6.34. The number of hydrogen-bond acceptors (Lipinski definition) is 10. The van der Waals surface area contributed by atoms with Gasteiger partial charge in [0.15, 0.2) is 22.5 Å². The van der Waals surface area contributed by atoms with E-state index in [0.717, 1.165) is 4.57 Å². The Morgan fingerprint density at radius 2 is 2.04 bits per heavy atom. The summed E-state index contributed by atoms with van der Waals surface area (Å²) < 4.78 is 21.6. The molecule has 15 heteroatoms. The molecular formula is C10H14N5O8PS. The number of aliphatic hydroxyl groups excluding tert-OH is 2. The highest BCUT2D eigenvalue weighted by molar-refractivity contribution is 7.80. The number of nitrogens with zero attached hydrogens (tertiary/aromatic N) is 3. The first kappa shape index (κ1) is 18.3. The van der Waals surface area contributed by atoms with E-state index in [1.807, 2.05) is 0 Å². The maximum absolute atomic E-state index is 11.9. The van der Waals surface area contributed by atoms with Crippen molar-refractivity contribution in [3.63, 3.8) is 0 Å².